The van der Waals surface area contributed by atoms with E-state index in [9.17, 15) is 0 Å². The maximum Gasteiger partial charge on any atom is 0.203 e. The number of nitrogens with one attached hydrogen (secondary N) is 2. The van der Waals surface area contributed by atoms with E-state index < -0.39 is 0 Å². The highest BCUT2D eigenvalue weighted by Crippen LogP contribution is 2.39. The highest BCUT2D eigenvalue weighted by atomic mass is 16.5. The van der Waals surface area contributed by atoms with Crippen LogP contribution in [0, 0.1) is 12.8 Å². The van der Waals surface area contributed by atoms with Crippen LogP contribution in [-0.4, -0.2) is 44.6 Å². The minimum Gasteiger partial charge on any atom is -0.493 e. The molecule has 46 heavy (non-hydrogen) atoms. The van der Waals surface area contributed by atoms with E-state index in [1.807, 2.05) is 24.3 Å². The molecule has 0 spiro atoms. The van der Waals surface area contributed by atoms with Gasteiger partial charge in [-0.1, -0.05) is 81.0 Å². The summed E-state index contributed by atoms with van der Waals surface area (Å²) in [6.45, 7) is 3.20. The molecule has 0 bridgehead atoms. The van der Waals surface area contributed by atoms with Crippen LogP contribution >= 0.6 is 0 Å². The first-order valence-electron chi connectivity index (χ1n) is 16.6. The van der Waals surface area contributed by atoms with Crippen molar-refractivity contribution in [3.05, 3.63) is 77.4 Å². The van der Waals surface area contributed by atoms with Crippen LogP contribution in [0.1, 0.15) is 68.1 Å². The maximum atomic E-state index is 5.51. The molecule has 4 aromatic rings. The van der Waals surface area contributed by atoms with Crippen molar-refractivity contribution in [2.45, 2.75) is 64.3 Å². The van der Waals surface area contributed by atoms with Gasteiger partial charge in [0.2, 0.25) is 5.75 Å². The predicted molar refractivity (Wildman–Crippen MR) is 191 cm³/mol. The first-order valence-corrected chi connectivity index (χ1v) is 16.6. The highest BCUT2D eigenvalue weighted by Gasteiger charge is 2.32. The van der Waals surface area contributed by atoms with E-state index in [2.05, 4.69) is 66.1 Å². The monoisotopic (exact) mass is 618 g/mol. The lowest BCUT2D eigenvalue weighted by molar-refractivity contribution is 0.324. The minimum absolute atomic E-state index is 0.376. The summed E-state index contributed by atoms with van der Waals surface area (Å²) in [4.78, 5) is 10.6. The lowest BCUT2D eigenvalue weighted by Gasteiger charge is -2.20. The molecule has 1 aliphatic heterocycles. The number of nitrogens with zero attached hydrogens (tertiary/aromatic N) is 2. The van der Waals surface area contributed by atoms with Crippen LogP contribution in [0.2, 0.25) is 0 Å². The molecule has 6 rings (SSSR count). The second-order valence-corrected chi connectivity index (χ2v) is 12.4. The summed E-state index contributed by atoms with van der Waals surface area (Å²) >= 11 is 0. The normalized spacial score (nSPS) is 17.7. The quantitative estimate of drug-likeness (QED) is 0.105. The molecule has 1 aromatic heterocycles. The largest absolute Gasteiger partial charge is 0.493 e. The summed E-state index contributed by atoms with van der Waals surface area (Å²) in [6, 6.07) is 21.0. The Labute approximate surface area is 273 Å². The third-order valence-electron chi connectivity index (χ3n) is 9.23. The van der Waals surface area contributed by atoms with Crippen molar-refractivity contribution in [1.82, 2.24) is 10.3 Å². The van der Waals surface area contributed by atoms with E-state index in [1.54, 1.807) is 21.3 Å². The van der Waals surface area contributed by atoms with Gasteiger partial charge in [-0.05, 0) is 72.7 Å². The number of hydrogen-bond acceptors (Lipinski definition) is 7. The zero-order chi connectivity index (χ0) is 31.9. The Bertz CT molecular complexity index is 1670. The van der Waals surface area contributed by atoms with Gasteiger partial charge in [0, 0.05) is 23.3 Å². The van der Waals surface area contributed by atoms with Crippen LogP contribution in [0.4, 0.5) is 17.2 Å². The van der Waals surface area contributed by atoms with Gasteiger partial charge >= 0.3 is 0 Å². The molecule has 2 aliphatic rings. The van der Waals surface area contributed by atoms with Gasteiger partial charge in [0.25, 0.3) is 0 Å². The molecule has 7 nitrogen and oxygen atoms in total. The SMILES string of the molecule is COc1cc(/C=C/c2ccc(Nc3nc4ccccc4c(C)c3N=C(C3CCCCCCCC3)C3CN3)cc2)cc(OC)c1OC. The van der Waals surface area contributed by atoms with Crippen molar-refractivity contribution in [2.24, 2.45) is 10.9 Å². The van der Waals surface area contributed by atoms with Crippen molar-refractivity contribution in [1.29, 1.82) is 0 Å². The molecule has 2 N–H and O–H groups in total. The number of aryl methyl sites for hydroxylation is 1. The number of rotatable bonds is 10. The predicted octanol–water partition coefficient (Wildman–Crippen LogP) is 9.28. The van der Waals surface area contributed by atoms with E-state index in [4.69, 9.17) is 24.2 Å². The standard InChI is InChI=1S/C39H46N4O3/c1-26-31-15-11-12-16-32(31)42-39(36(26)43-37(33-25-40-33)29-13-9-7-5-6-8-10-14-29)41-30-21-19-27(20-22-30)17-18-28-23-34(44-2)38(46-4)35(24-28)45-3/h11-12,15-24,29,33,40H,5-10,13-14,25H2,1-4H3,(H,41,42)/b18-17+,43-37?. The zero-order valence-corrected chi connectivity index (χ0v) is 27.6. The van der Waals surface area contributed by atoms with Crippen LogP contribution in [0.3, 0.4) is 0 Å². The lowest BCUT2D eigenvalue weighted by Crippen LogP contribution is -2.22. The Kier molecular flexibility index (Phi) is 10.2. The van der Waals surface area contributed by atoms with Crippen molar-refractivity contribution in [3.63, 3.8) is 0 Å². The molecule has 2 fully saturated rings. The van der Waals surface area contributed by atoms with E-state index in [1.165, 1.54) is 62.6 Å². The lowest BCUT2D eigenvalue weighted by atomic mass is 9.90. The van der Waals surface area contributed by atoms with Gasteiger partial charge in [-0.2, -0.15) is 0 Å². The molecule has 3 aromatic carbocycles. The Morgan fingerprint density at radius 1 is 0.826 bits per heavy atom. The smallest absolute Gasteiger partial charge is 0.203 e. The fourth-order valence-corrected chi connectivity index (χ4v) is 6.57. The van der Waals surface area contributed by atoms with E-state index in [0.29, 0.717) is 29.2 Å². The van der Waals surface area contributed by atoms with Crippen LogP contribution in [0.25, 0.3) is 23.1 Å². The minimum atomic E-state index is 0.376. The molecule has 1 aliphatic carbocycles. The zero-order valence-electron chi connectivity index (χ0n) is 27.6. The van der Waals surface area contributed by atoms with Crippen LogP contribution in [-0.2, 0) is 0 Å². The van der Waals surface area contributed by atoms with Gasteiger partial charge in [0.1, 0.15) is 5.69 Å². The molecule has 7 heteroatoms. The number of aliphatic imine (C=N–C) groups is 1. The average molecular weight is 619 g/mol. The summed E-state index contributed by atoms with van der Waals surface area (Å²) in [6.07, 6.45) is 14.5. The summed E-state index contributed by atoms with van der Waals surface area (Å²) < 4.78 is 16.5. The molecular formula is C39H46N4O3. The first kappa shape index (κ1) is 31.6. The number of hydrogen-bond donors (Lipinski definition) is 2. The molecule has 1 saturated carbocycles. The van der Waals surface area contributed by atoms with Crippen molar-refractivity contribution in [2.75, 3.05) is 33.2 Å². The number of para-hydroxylation sites is 1. The number of fused-ring (bicyclic) bond motifs is 1. The Morgan fingerprint density at radius 2 is 1.46 bits per heavy atom. The van der Waals surface area contributed by atoms with Gasteiger partial charge in [-0.25, -0.2) is 4.98 Å². The molecule has 0 amide bonds. The van der Waals surface area contributed by atoms with E-state index in [0.717, 1.165) is 45.8 Å². The molecular weight excluding hydrogens is 572 g/mol. The van der Waals surface area contributed by atoms with Gasteiger partial charge in [0.05, 0.1) is 32.9 Å². The number of aromatic nitrogens is 1. The molecule has 2 heterocycles. The van der Waals surface area contributed by atoms with Crippen molar-refractivity contribution < 1.29 is 14.2 Å². The fourth-order valence-electron chi connectivity index (χ4n) is 6.57. The van der Waals surface area contributed by atoms with Crippen LogP contribution in [0.5, 0.6) is 17.2 Å². The summed E-state index contributed by atoms with van der Waals surface area (Å²) in [5.74, 6) is 3.16. The van der Waals surface area contributed by atoms with Crippen LogP contribution in [0.15, 0.2) is 65.7 Å². The maximum absolute atomic E-state index is 5.51. The van der Waals surface area contributed by atoms with Gasteiger partial charge < -0.3 is 24.8 Å². The van der Waals surface area contributed by atoms with E-state index >= 15 is 0 Å². The molecule has 1 atom stereocenters. The van der Waals surface area contributed by atoms with Crippen molar-refractivity contribution >= 4 is 46.0 Å². The summed E-state index contributed by atoms with van der Waals surface area (Å²) in [5, 5.41) is 8.37. The summed E-state index contributed by atoms with van der Waals surface area (Å²) in [7, 11) is 4.86. The molecule has 0 radical (unpaired) electrons. The van der Waals surface area contributed by atoms with Gasteiger partial charge in [-0.15, -0.1) is 0 Å². The van der Waals surface area contributed by atoms with E-state index in [-0.39, 0.29) is 0 Å². The van der Waals surface area contributed by atoms with Gasteiger partial charge in [-0.3, -0.25) is 4.99 Å². The van der Waals surface area contributed by atoms with Crippen LogP contribution < -0.4 is 24.8 Å². The second-order valence-electron chi connectivity index (χ2n) is 12.4. The molecule has 1 unspecified atom stereocenters. The third kappa shape index (κ3) is 7.37. The number of methoxy groups -OCH3 is 3. The molecule has 1 saturated heterocycles. The number of ether oxygens (including phenoxy) is 3. The number of benzene rings is 3. The molecule has 240 valence electrons. The van der Waals surface area contributed by atoms with Gasteiger partial charge in [0.15, 0.2) is 17.3 Å². The first-order chi connectivity index (χ1) is 22.6. The number of pyridine rings is 1. The summed E-state index contributed by atoms with van der Waals surface area (Å²) in [5.41, 5.74) is 7.40. The fraction of sp³-hybridized carbons (Fsp3) is 0.385. The Hall–Kier alpha value is -4.36. The Morgan fingerprint density at radius 3 is 2.09 bits per heavy atom. The Balaban J connectivity index is 1.29. The number of anilines is 2. The third-order valence-corrected chi connectivity index (χ3v) is 9.23. The van der Waals surface area contributed by atoms with Crippen molar-refractivity contribution in [3.8, 4) is 17.2 Å². The average Bonchev–Trinajstić information content (AvgIpc) is 3.91. The topological polar surface area (TPSA) is 86.9 Å². The second kappa shape index (κ2) is 14.8. The highest BCUT2D eigenvalue weighted by molar-refractivity contribution is 5.99.